The molecule has 0 spiro atoms. The molecule has 0 amide bonds. The van der Waals surface area contributed by atoms with Crippen LogP contribution in [0.25, 0.3) is 22.2 Å². The lowest BCUT2D eigenvalue weighted by Crippen LogP contribution is -2.22. The van der Waals surface area contributed by atoms with Crippen LogP contribution >= 0.6 is 0 Å². The van der Waals surface area contributed by atoms with Crippen molar-refractivity contribution in [3.05, 3.63) is 78.1 Å². The Morgan fingerprint density at radius 1 is 1.10 bits per heavy atom. The Morgan fingerprint density at radius 3 is 2.63 bits per heavy atom. The zero-order valence-electron chi connectivity index (χ0n) is 17.4. The van der Waals surface area contributed by atoms with Crippen LogP contribution in [0.1, 0.15) is 23.7 Å². The van der Waals surface area contributed by atoms with Crippen molar-refractivity contribution in [1.29, 1.82) is 0 Å². The van der Waals surface area contributed by atoms with Crippen molar-refractivity contribution in [2.45, 2.75) is 19.0 Å². The molecule has 6 nitrogen and oxygen atoms in total. The van der Waals surface area contributed by atoms with Gasteiger partial charge in [-0.3, -0.25) is 4.68 Å². The fourth-order valence-corrected chi connectivity index (χ4v) is 3.62. The van der Waals surface area contributed by atoms with Crippen LogP contribution in [0.15, 0.2) is 66.9 Å². The molecule has 1 atom stereocenters. The number of nitrogens with two attached hydrogens (primary N) is 1. The first kappa shape index (κ1) is 20.1. The molecule has 0 fully saturated rings. The lowest BCUT2D eigenvalue weighted by atomic mass is 9.97. The van der Waals surface area contributed by atoms with E-state index in [2.05, 4.69) is 22.5 Å². The molecule has 4 rings (SSSR count). The highest BCUT2D eigenvalue weighted by Crippen LogP contribution is 2.29. The number of aromatic nitrogens is 3. The van der Waals surface area contributed by atoms with Gasteiger partial charge in [0.25, 0.3) is 0 Å². The molecule has 1 unspecified atom stereocenters. The number of benzene rings is 2. The molecule has 4 aromatic rings. The molecule has 0 aliphatic carbocycles. The number of pyridine rings is 1. The largest absolute Gasteiger partial charge is 0.497 e. The highest BCUT2D eigenvalue weighted by molar-refractivity contribution is 5.85. The number of rotatable bonds is 8. The van der Waals surface area contributed by atoms with E-state index in [4.69, 9.17) is 15.5 Å². The van der Waals surface area contributed by atoms with Gasteiger partial charge >= 0.3 is 0 Å². The molecule has 154 valence electrons. The van der Waals surface area contributed by atoms with Crippen LogP contribution in [0.2, 0.25) is 0 Å². The number of hydrogen-bond acceptors (Lipinski definition) is 5. The highest BCUT2D eigenvalue weighted by atomic mass is 16.5. The summed E-state index contributed by atoms with van der Waals surface area (Å²) in [5.41, 5.74) is 11.8. The first-order valence-electron chi connectivity index (χ1n) is 10.1. The van der Waals surface area contributed by atoms with Crippen molar-refractivity contribution in [3.8, 4) is 17.0 Å². The highest BCUT2D eigenvalue weighted by Gasteiger charge is 2.14. The summed E-state index contributed by atoms with van der Waals surface area (Å²) in [6.07, 6.45) is 2.64. The van der Waals surface area contributed by atoms with Gasteiger partial charge in [0.2, 0.25) is 0 Å². The van der Waals surface area contributed by atoms with Crippen LogP contribution in [0.5, 0.6) is 5.75 Å². The standard InChI is InChI=1S/C24H27N5O/c1-29-18(11-14-27-29)16-26-13-12-22(25)21-15-24(17-7-9-19(30-2)10-8-17)28-23-6-4-3-5-20(21)23/h3-11,14-15,22,26H,12-13,16,25H2,1-2H3. The van der Waals surface area contributed by atoms with Gasteiger partial charge in [0.1, 0.15) is 5.75 Å². The fraction of sp³-hybridized carbons (Fsp3) is 0.250. The SMILES string of the molecule is COc1ccc(-c2cc(C(N)CCNCc3ccnn3C)c3ccccc3n2)cc1. The van der Waals surface area contributed by atoms with E-state index in [0.717, 1.165) is 58.7 Å². The second kappa shape index (κ2) is 9.07. The van der Waals surface area contributed by atoms with Crippen molar-refractivity contribution in [1.82, 2.24) is 20.1 Å². The Kier molecular flexibility index (Phi) is 6.07. The molecule has 30 heavy (non-hydrogen) atoms. The van der Waals surface area contributed by atoms with Gasteiger partial charge in [-0.2, -0.15) is 5.10 Å². The third-order valence-corrected chi connectivity index (χ3v) is 5.39. The molecule has 6 heteroatoms. The van der Waals surface area contributed by atoms with Gasteiger partial charge in [-0.1, -0.05) is 18.2 Å². The monoisotopic (exact) mass is 401 g/mol. The molecule has 0 radical (unpaired) electrons. The number of nitrogens with zero attached hydrogens (tertiary/aromatic N) is 3. The van der Waals surface area contributed by atoms with E-state index in [0.29, 0.717) is 0 Å². The number of hydrogen-bond donors (Lipinski definition) is 2. The summed E-state index contributed by atoms with van der Waals surface area (Å²) in [5.74, 6) is 0.830. The minimum atomic E-state index is -0.0889. The molecule has 2 aromatic carbocycles. The summed E-state index contributed by atoms with van der Waals surface area (Å²) in [5, 5.41) is 8.77. The zero-order valence-corrected chi connectivity index (χ0v) is 17.4. The van der Waals surface area contributed by atoms with Crippen molar-refractivity contribution in [2.24, 2.45) is 12.8 Å². The third-order valence-electron chi connectivity index (χ3n) is 5.39. The second-order valence-corrected chi connectivity index (χ2v) is 7.36. The smallest absolute Gasteiger partial charge is 0.118 e. The van der Waals surface area contributed by atoms with E-state index in [9.17, 15) is 0 Å². The Morgan fingerprint density at radius 2 is 1.90 bits per heavy atom. The summed E-state index contributed by atoms with van der Waals surface area (Å²) in [4.78, 5) is 4.86. The summed E-state index contributed by atoms with van der Waals surface area (Å²) >= 11 is 0. The first-order valence-corrected chi connectivity index (χ1v) is 10.1. The van der Waals surface area contributed by atoms with Crippen LogP contribution in [0.4, 0.5) is 0 Å². The first-order chi connectivity index (χ1) is 14.7. The lowest BCUT2D eigenvalue weighted by molar-refractivity contribution is 0.415. The maximum Gasteiger partial charge on any atom is 0.118 e. The van der Waals surface area contributed by atoms with Gasteiger partial charge in [0.15, 0.2) is 0 Å². The number of fused-ring (bicyclic) bond motifs is 1. The molecule has 3 N–H and O–H groups in total. The molecule has 0 bridgehead atoms. The van der Waals surface area contributed by atoms with Gasteiger partial charge in [-0.25, -0.2) is 4.98 Å². The molecule has 0 saturated carbocycles. The second-order valence-electron chi connectivity index (χ2n) is 7.36. The minimum absolute atomic E-state index is 0.0889. The molecular formula is C24H27N5O. The van der Waals surface area contributed by atoms with Crippen molar-refractivity contribution in [2.75, 3.05) is 13.7 Å². The summed E-state index contributed by atoms with van der Waals surface area (Å²) in [6, 6.07) is 20.2. The van der Waals surface area contributed by atoms with Crippen molar-refractivity contribution in [3.63, 3.8) is 0 Å². The van der Waals surface area contributed by atoms with Gasteiger partial charge < -0.3 is 15.8 Å². The van der Waals surface area contributed by atoms with Crippen LogP contribution in [-0.4, -0.2) is 28.4 Å². The normalized spacial score (nSPS) is 12.2. The summed E-state index contributed by atoms with van der Waals surface area (Å²) in [7, 11) is 3.62. The predicted octanol–water partition coefficient (Wildman–Crippen LogP) is 3.82. The topological polar surface area (TPSA) is 78.0 Å². The van der Waals surface area contributed by atoms with Crippen molar-refractivity contribution >= 4 is 10.9 Å². The van der Waals surface area contributed by atoms with E-state index in [1.807, 2.05) is 66.5 Å². The van der Waals surface area contributed by atoms with E-state index in [1.54, 1.807) is 7.11 Å². The van der Waals surface area contributed by atoms with Gasteiger partial charge in [-0.15, -0.1) is 0 Å². The zero-order chi connectivity index (χ0) is 20.9. The minimum Gasteiger partial charge on any atom is -0.497 e. The molecule has 0 saturated heterocycles. The van der Waals surface area contributed by atoms with E-state index in [1.165, 1.54) is 0 Å². The Hall–Kier alpha value is -3.22. The Labute approximate surface area is 176 Å². The van der Waals surface area contributed by atoms with Gasteiger partial charge in [-0.05, 0) is 61.0 Å². The molecule has 0 aliphatic rings. The number of para-hydroxylation sites is 1. The van der Waals surface area contributed by atoms with E-state index >= 15 is 0 Å². The van der Waals surface area contributed by atoms with E-state index < -0.39 is 0 Å². The summed E-state index contributed by atoms with van der Waals surface area (Å²) < 4.78 is 7.15. The fourth-order valence-electron chi connectivity index (χ4n) is 3.62. The molecule has 2 aromatic heterocycles. The number of methoxy groups -OCH3 is 1. The average molecular weight is 402 g/mol. The van der Waals surface area contributed by atoms with Crippen LogP contribution in [0, 0.1) is 0 Å². The maximum absolute atomic E-state index is 6.64. The van der Waals surface area contributed by atoms with Crippen molar-refractivity contribution < 1.29 is 4.74 Å². The molecule has 2 heterocycles. The number of nitrogens with one attached hydrogen (secondary N) is 1. The predicted molar refractivity (Wildman–Crippen MR) is 120 cm³/mol. The summed E-state index contributed by atoms with van der Waals surface area (Å²) in [6.45, 7) is 1.60. The Bertz CT molecular complexity index is 1120. The molecular weight excluding hydrogens is 374 g/mol. The quantitative estimate of drug-likeness (QED) is 0.439. The van der Waals surface area contributed by atoms with E-state index in [-0.39, 0.29) is 6.04 Å². The lowest BCUT2D eigenvalue weighted by Gasteiger charge is -2.17. The van der Waals surface area contributed by atoms with Gasteiger partial charge in [0.05, 0.1) is 24.0 Å². The average Bonchev–Trinajstić information content (AvgIpc) is 3.20. The van der Waals surface area contributed by atoms with Gasteiger partial charge in [0, 0.05) is 36.8 Å². The number of ether oxygens (including phenoxy) is 1. The number of aryl methyl sites for hydroxylation is 1. The van der Waals surface area contributed by atoms with Crippen LogP contribution < -0.4 is 15.8 Å². The Balaban J connectivity index is 1.54. The maximum atomic E-state index is 6.64. The van der Waals surface area contributed by atoms with Crippen LogP contribution in [-0.2, 0) is 13.6 Å². The molecule has 0 aliphatic heterocycles. The third kappa shape index (κ3) is 4.35. The van der Waals surface area contributed by atoms with Crippen LogP contribution in [0.3, 0.4) is 0 Å².